The second kappa shape index (κ2) is 7.53. The highest BCUT2D eigenvalue weighted by Gasteiger charge is 2.28. The number of rotatable bonds is 5. The predicted octanol–water partition coefficient (Wildman–Crippen LogP) is 2.43. The molecule has 19 heavy (non-hydrogen) atoms. The van der Waals surface area contributed by atoms with Crippen molar-refractivity contribution in [2.24, 2.45) is 11.8 Å². The van der Waals surface area contributed by atoms with E-state index in [4.69, 9.17) is 5.11 Å². The Labute approximate surface area is 122 Å². The van der Waals surface area contributed by atoms with E-state index < -0.39 is 5.97 Å². The number of carbonyl (C=O) groups excluding carboxylic acids is 1. The number of amides is 2. The number of nitrogens with one attached hydrogen (secondary N) is 1. The third kappa shape index (κ3) is 5.63. The molecule has 2 atom stereocenters. The van der Waals surface area contributed by atoms with Crippen LogP contribution in [0, 0.1) is 11.8 Å². The second-order valence-corrected chi connectivity index (χ2v) is 6.22. The third-order valence-corrected chi connectivity index (χ3v) is 3.76. The van der Waals surface area contributed by atoms with Crippen LogP contribution in [-0.4, -0.2) is 41.6 Å². The molecule has 1 aliphatic rings. The molecule has 108 valence electrons. The highest BCUT2D eigenvalue weighted by Crippen LogP contribution is 2.26. The molecule has 2 N–H and O–H groups in total. The summed E-state index contributed by atoms with van der Waals surface area (Å²) < 4.78 is 0.730. The van der Waals surface area contributed by atoms with Gasteiger partial charge in [-0.3, -0.25) is 4.79 Å². The molecule has 0 bridgehead atoms. The van der Waals surface area contributed by atoms with Crippen molar-refractivity contribution >= 4 is 27.9 Å². The van der Waals surface area contributed by atoms with E-state index >= 15 is 0 Å². The van der Waals surface area contributed by atoms with Gasteiger partial charge in [0.25, 0.3) is 0 Å². The fourth-order valence-corrected chi connectivity index (χ4v) is 2.52. The van der Waals surface area contributed by atoms with Crippen molar-refractivity contribution in [3.8, 4) is 0 Å². The van der Waals surface area contributed by atoms with Gasteiger partial charge in [0.05, 0.1) is 6.54 Å². The lowest BCUT2D eigenvalue weighted by Crippen LogP contribution is -2.47. The topological polar surface area (TPSA) is 69.6 Å². The van der Waals surface area contributed by atoms with E-state index in [9.17, 15) is 9.59 Å². The van der Waals surface area contributed by atoms with Crippen LogP contribution in [0.2, 0.25) is 0 Å². The number of carboxylic acids is 1. The van der Waals surface area contributed by atoms with Crippen LogP contribution in [0.1, 0.15) is 26.2 Å². The van der Waals surface area contributed by atoms with Gasteiger partial charge in [0, 0.05) is 24.0 Å². The summed E-state index contributed by atoms with van der Waals surface area (Å²) in [6.07, 6.45) is 2.08. The number of hydrogen-bond donors (Lipinski definition) is 2. The number of likely N-dealkylation sites (tertiary alicyclic amines) is 1. The smallest absolute Gasteiger partial charge is 0.317 e. The molecule has 0 aromatic heterocycles. The molecule has 6 heteroatoms. The number of carbonyl (C=O) groups is 2. The van der Waals surface area contributed by atoms with Crippen molar-refractivity contribution in [1.29, 1.82) is 0 Å². The van der Waals surface area contributed by atoms with Crippen LogP contribution in [0.25, 0.3) is 0 Å². The zero-order chi connectivity index (χ0) is 14.4. The average Bonchev–Trinajstić information content (AvgIpc) is 2.35. The molecule has 0 radical (unpaired) electrons. The van der Waals surface area contributed by atoms with Gasteiger partial charge in [-0.15, -0.1) is 0 Å². The number of urea groups is 1. The minimum Gasteiger partial charge on any atom is -0.481 e. The van der Waals surface area contributed by atoms with Crippen LogP contribution in [0.4, 0.5) is 4.79 Å². The van der Waals surface area contributed by atoms with Gasteiger partial charge in [-0.25, -0.2) is 4.79 Å². The highest BCUT2D eigenvalue weighted by molar-refractivity contribution is 9.11. The Bertz CT molecular complexity index is 360. The molecular weight excluding hydrogens is 312 g/mol. The lowest BCUT2D eigenvalue weighted by atomic mass is 9.85. The van der Waals surface area contributed by atoms with Crippen LogP contribution in [0.15, 0.2) is 11.1 Å². The highest BCUT2D eigenvalue weighted by atomic mass is 79.9. The third-order valence-electron chi connectivity index (χ3n) is 3.48. The number of piperidine rings is 1. The first-order valence-electron chi connectivity index (χ1n) is 6.48. The summed E-state index contributed by atoms with van der Waals surface area (Å²) in [6.45, 7) is 7.39. The molecule has 2 unspecified atom stereocenters. The Hall–Kier alpha value is -1.04. The largest absolute Gasteiger partial charge is 0.481 e. The summed E-state index contributed by atoms with van der Waals surface area (Å²) in [5.41, 5.74) is 0. The summed E-state index contributed by atoms with van der Waals surface area (Å²) in [7, 11) is 0. The van der Waals surface area contributed by atoms with Crippen molar-refractivity contribution in [3.05, 3.63) is 11.1 Å². The first-order chi connectivity index (χ1) is 8.90. The second-order valence-electron chi connectivity index (χ2n) is 5.10. The van der Waals surface area contributed by atoms with E-state index in [0.29, 0.717) is 13.1 Å². The maximum atomic E-state index is 11.9. The number of hydrogen-bond acceptors (Lipinski definition) is 2. The molecule has 0 aromatic rings. The maximum absolute atomic E-state index is 11.9. The summed E-state index contributed by atoms with van der Waals surface area (Å²) in [6, 6.07) is -0.104. The Morgan fingerprint density at radius 3 is 2.84 bits per heavy atom. The summed E-state index contributed by atoms with van der Waals surface area (Å²) in [5, 5.41) is 11.6. The molecule has 0 spiro atoms. The van der Waals surface area contributed by atoms with Gasteiger partial charge >= 0.3 is 12.0 Å². The summed E-state index contributed by atoms with van der Waals surface area (Å²) in [5.74, 6) is -0.410. The predicted molar refractivity (Wildman–Crippen MR) is 77.2 cm³/mol. The van der Waals surface area contributed by atoms with E-state index in [0.717, 1.165) is 23.9 Å². The van der Waals surface area contributed by atoms with Gasteiger partial charge < -0.3 is 15.3 Å². The lowest BCUT2D eigenvalue weighted by Gasteiger charge is -2.35. The molecule has 0 aliphatic carbocycles. The van der Waals surface area contributed by atoms with Crippen LogP contribution in [0.3, 0.4) is 0 Å². The quantitative estimate of drug-likeness (QED) is 0.812. The van der Waals surface area contributed by atoms with E-state index in [2.05, 4.69) is 27.8 Å². The Balaban J connectivity index is 2.47. The number of halogens is 1. The van der Waals surface area contributed by atoms with Crippen molar-refractivity contribution < 1.29 is 14.7 Å². The number of carboxylic acid groups (broad SMARTS) is 1. The van der Waals surface area contributed by atoms with Crippen LogP contribution >= 0.6 is 15.9 Å². The minimum atomic E-state index is -0.773. The molecular formula is C13H21BrN2O3. The van der Waals surface area contributed by atoms with Crippen molar-refractivity contribution in [3.63, 3.8) is 0 Å². The van der Waals surface area contributed by atoms with Gasteiger partial charge in [-0.1, -0.05) is 29.4 Å². The number of aliphatic carboxylic acids is 1. The standard InChI is InChI=1S/C13H21BrN2O3/c1-9(6-12(17)18)11-4-3-5-16(8-11)13(19)15-7-10(2)14/h9,11H,2-8H2,1H3,(H,15,19)(H,17,18). The first-order valence-corrected chi connectivity index (χ1v) is 7.27. The zero-order valence-corrected chi connectivity index (χ0v) is 12.8. The van der Waals surface area contributed by atoms with Crippen molar-refractivity contribution in [2.45, 2.75) is 26.2 Å². The monoisotopic (exact) mass is 332 g/mol. The van der Waals surface area contributed by atoms with Crippen LogP contribution < -0.4 is 5.32 Å². The molecule has 1 saturated heterocycles. The molecule has 2 amide bonds. The normalized spacial score (nSPS) is 20.7. The molecule has 1 rings (SSSR count). The molecule has 0 aromatic carbocycles. The van der Waals surface area contributed by atoms with Gasteiger partial charge in [0.1, 0.15) is 0 Å². The summed E-state index contributed by atoms with van der Waals surface area (Å²) >= 11 is 3.20. The van der Waals surface area contributed by atoms with Gasteiger partial charge in [0.15, 0.2) is 0 Å². The van der Waals surface area contributed by atoms with Gasteiger partial charge in [0.2, 0.25) is 0 Å². The Kier molecular flexibility index (Phi) is 6.34. The molecule has 0 saturated carbocycles. The molecule has 1 fully saturated rings. The van der Waals surface area contributed by atoms with E-state index in [1.807, 2.05) is 6.92 Å². The Morgan fingerprint density at radius 1 is 1.58 bits per heavy atom. The lowest BCUT2D eigenvalue weighted by molar-refractivity contribution is -0.138. The van der Waals surface area contributed by atoms with E-state index in [1.165, 1.54) is 0 Å². The zero-order valence-electron chi connectivity index (χ0n) is 11.2. The van der Waals surface area contributed by atoms with Crippen molar-refractivity contribution in [1.82, 2.24) is 10.2 Å². The van der Waals surface area contributed by atoms with E-state index in [-0.39, 0.29) is 24.3 Å². The van der Waals surface area contributed by atoms with Crippen LogP contribution in [0.5, 0.6) is 0 Å². The first kappa shape index (κ1) is 16.0. The SMILES string of the molecule is C=C(Br)CNC(=O)N1CCCC(C(C)CC(=O)O)C1. The number of nitrogens with zero attached hydrogens (tertiary/aromatic N) is 1. The average molecular weight is 333 g/mol. The molecule has 5 nitrogen and oxygen atoms in total. The fraction of sp³-hybridized carbons (Fsp3) is 0.692. The summed E-state index contributed by atoms with van der Waals surface area (Å²) in [4.78, 5) is 24.4. The molecule has 1 heterocycles. The molecule has 1 aliphatic heterocycles. The van der Waals surface area contributed by atoms with Gasteiger partial charge in [-0.05, 0) is 24.7 Å². The van der Waals surface area contributed by atoms with Gasteiger partial charge in [-0.2, -0.15) is 0 Å². The van der Waals surface area contributed by atoms with Crippen LogP contribution in [-0.2, 0) is 4.79 Å². The Morgan fingerprint density at radius 2 is 2.26 bits per heavy atom. The van der Waals surface area contributed by atoms with E-state index in [1.54, 1.807) is 4.90 Å². The maximum Gasteiger partial charge on any atom is 0.317 e. The van der Waals surface area contributed by atoms with Crippen molar-refractivity contribution in [2.75, 3.05) is 19.6 Å². The minimum absolute atomic E-state index is 0.0965. The fourth-order valence-electron chi connectivity index (χ4n) is 2.38.